The molecule has 68 valence electrons. The number of nitrogens with two attached hydrogens (primary N) is 1. The number of aromatic nitrogens is 1. The van der Waals surface area contributed by atoms with E-state index < -0.39 is 0 Å². The van der Waals surface area contributed by atoms with Crippen LogP contribution in [0.3, 0.4) is 0 Å². The number of fused-ring (bicyclic) bond motifs is 1. The average molecular weight is 174 g/mol. The van der Waals surface area contributed by atoms with Crippen LogP contribution in [-0.2, 0) is 7.05 Å². The van der Waals surface area contributed by atoms with Gasteiger partial charge in [0.1, 0.15) is 0 Å². The number of para-hydroxylation sites is 1. The molecule has 0 aliphatic rings. The zero-order valence-electron chi connectivity index (χ0n) is 8.26. The van der Waals surface area contributed by atoms with Crippen molar-refractivity contribution >= 4 is 16.6 Å². The molecule has 0 atom stereocenters. The van der Waals surface area contributed by atoms with Gasteiger partial charge in [-0.3, -0.25) is 0 Å². The second kappa shape index (κ2) is 2.52. The Kier molecular flexibility index (Phi) is 1.59. The molecule has 2 heteroatoms. The van der Waals surface area contributed by atoms with Crippen LogP contribution in [0.5, 0.6) is 0 Å². The zero-order valence-corrected chi connectivity index (χ0v) is 8.26. The van der Waals surface area contributed by atoms with E-state index in [0.717, 1.165) is 11.2 Å². The van der Waals surface area contributed by atoms with E-state index in [-0.39, 0.29) is 0 Å². The van der Waals surface area contributed by atoms with Crippen LogP contribution < -0.4 is 5.73 Å². The number of hydrogen-bond acceptors (Lipinski definition) is 1. The molecule has 0 radical (unpaired) electrons. The SMILES string of the molecule is Cc1c(C)n(C)c2c(N)cccc12. The van der Waals surface area contributed by atoms with Crippen molar-refractivity contribution in [3.8, 4) is 0 Å². The number of nitrogen functional groups attached to an aromatic ring is 1. The van der Waals surface area contributed by atoms with Crippen molar-refractivity contribution in [1.82, 2.24) is 4.57 Å². The maximum Gasteiger partial charge on any atom is 0.0716 e. The minimum atomic E-state index is 0.858. The lowest BCUT2D eigenvalue weighted by atomic mass is 10.1. The van der Waals surface area contributed by atoms with Crippen LogP contribution in [0.25, 0.3) is 10.9 Å². The zero-order chi connectivity index (χ0) is 9.59. The first kappa shape index (κ1) is 8.17. The van der Waals surface area contributed by atoms with Gasteiger partial charge in [0.2, 0.25) is 0 Å². The van der Waals surface area contributed by atoms with Gasteiger partial charge in [-0.05, 0) is 25.5 Å². The van der Waals surface area contributed by atoms with E-state index in [0.29, 0.717) is 0 Å². The van der Waals surface area contributed by atoms with Crippen LogP contribution in [0.4, 0.5) is 5.69 Å². The van der Waals surface area contributed by atoms with E-state index in [1.165, 1.54) is 16.6 Å². The van der Waals surface area contributed by atoms with Crippen molar-refractivity contribution < 1.29 is 0 Å². The summed E-state index contributed by atoms with van der Waals surface area (Å²) < 4.78 is 2.15. The second-order valence-corrected chi connectivity index (χ2v) is 3.51. The minimum Gasteiger partial charge on any atom is -0.397 e. The molecular formula is C11H14N2. The molecule has 0 unspecified atom stereocenters. The second-order valence-electron chi connectivity index (χ2n) is 3.51. The van der Waals surface area contributed by atoms with Crippen molar-refractivity contribution in [3.05, 3.63) is 29.5 Å². The van der Waals surface area contributed by atoms with Crippen molar-refractivity contribution in [1.29, 1.82) is 0 Å². The molecule has 0 fully saturated rings. The summed E-state index contributed by atoms with van der Waals surface area (Å²) in [6.45, 7) is 4.26. The van der Waals surface area contributed by atoms with Gasteiger partial charge in [-0.2, -0.15) is 0 Å². The molecule has 0 bridgehead atoms. The van der Waals surface area contributed by atoms with Crippen molar-refractivity contribution in [2.45, 2.75) is 13.8 Å². The number of aryl methyl sites for hydroxylation is 2. The highest BCUT2D eigenvalue weighted by Gasteiger charge is 2.09. The average Bonchev–Trinajstić information content (AvgIpc) is 2.33. The first-order valence-corrected chi connectivity index (χ1v) is 4.43. The maximum atomic E-state index is 5.92. The molecule has 2 N–H and O–H groups in total. The lowest BCUT2D eigenvalue weighted by molar-refractivity contribution is 0.911. The number of rotatable bonds is 0. The summed E-state index contributed by atoms with van der Waals surface area (Å²) in [7, 11) is 2.06. The Morgan fingerprint density at radius 1 is 1.23 bits per heavy atom. The van der Waals surface area contributed by atoms with Gasteiger partial charge < -0.3 is 10.3 Å². The van der Waals surface area contributed by atoms with E-state index in [1.54, 1.807) is 0 Å². The van der Waals surface area contributed by atoms with Crippen LogP contribution in [-0.4, -0.2) is 4.57 Å². The lowest BCUT2D eigenvalue weighted by Crippen LogP contribution is -1.94. The molecule has 2 nitrogen and oxygen atoms in total. The summed E-state index contributed by atoms with van der Waals surface area (Å²) in [5.74, 6) is 0. The molecule has 0 amide bonds. The van der Waals surface area contributed by atoms with Crippen LogP contribution in [0.1, 0.15) is 11.3 Å². The number of hydrogen-bond donors (Lipinski definition) is 1. The first-order chi connectivity index (χ1) is 6.13. The highest BCUT2D eigenvalue weighted by Crippen LogP contribution is 2.27. The molecular weight excluding hydrogens is 160 g/mol. The van der Waals surface area contributed by atoms with Crippen LogP contribution >= 0.6 is 0 Å². The lowest BCUT2D eigenvalue weighted by Gasteiger charge is -2.01. The predicted molar refractivity (Wildman–Crippen MR) is 56.8 cm³/mol. The van der Waals surface area contributed by atoms with Gasteiger partial charge in [-0.25, -0.2) is 0 Å². The predicted octanol–water partition coefficient (Wildman–Crippen LogP) is 2.38. The summed E-state index contributed by atoms with van der Waals surface area (Å²) in [5.41, 5.74) is 10.5. The topological polar surface area (TPSA) is 30.9 Å². The van der Waals surface area contributed by atoms with Gasteiger partial charge in [0.15, 0.2) is 0 Å². The maximum absolute atomic E-state index is 5.92. The fraction of sp³-hybridized carbons (Fsp3) is 0.273. The Morgan fingerprint density at radius 2 is 1.92 bits per heavy atom. The molecule has 1 aromatic heterocycles. The third-order valence-electron chi connectivity index (χ3n) is 2.85. The number of anilines is 1. The molecule has 2 aromatic rings. The van der Waals surface area contributed by atoms with E-state index in [4.69, 9.17) is 5.73 Å². The molecule has 0 aliphatic heterocycles. The highest BCUT2D eigenvalue weighted by molar-refractivity contribution is 5.93. The molecule has 0 aliphatic carbocycles. The Balaban J connectivity index is 3.03. The fourth-order valence-corrected chi connectivity index (χ4v) is 1.85. The van der Waals surface area contributed by atoms with Crippen molar-refractivity contribution in [3.63, 3.8) is 0 Å². The van der Waals surface area contributed by atoms with Crippen LogP contribution in [0, 0.1) is 13.8 Å². The first-order valence-electron chi connectivity index (χ1n) is 4.43. The molecule has 0 saturated heterocycles. The number of benzene rings is 1. The smallest absolute Gasteiger partial charge is 0.0716 e. The van der Waals surface area contributed by atoms with E-state index in [1.807, 2.05) is 12.1 Å². The number of nitrogens with zero attached hydrogens (tertiary/aromatic N) is 1. The molecule has 0 spiro atoms. The van der Waals surface area contributed by atoms with Gasteiger partial charge in [0, 0.05) is 18.1 Å². The van der Waals surface area contributed by atoms with Crippen LogP contribution in [0.15, 0.2) is 18.2 Å². The highest BCUT2D eigenvalue weighted by atomic mass is 15.0. The van der Waals surface area contributed by atoms with Crippen molar-refractivity contribution in [2.24, 2.45) is 7.05 Å². The Labute approximate surface area is 78.0 Å². The van der Waals surface area contributed by atoms with Crippen molar-refractivity contribution in [2.75, 3.05) is 5.73 Å². The Morgan fingerprint density at radius 3 is 2.54 bits per heavy atom. The summed E-state index contributed by atoms with van der Waals surface area (Å²) >= 11 is 0. The molecule has 2 rings (SSSR count). The Bertz CT molecular complexity index is 466. The van der Waals surface area contributed by atoms with E-state index in [9.17, 15) is 0 Å². The quantitative estimate of drug-likeness (QED) is 0.611. The summed E-state index contributed by atoms with van der Waals surface area (Å²) in [5, 5.41) is 1.26. The molecule has 13 heavy (non-hydrogen) atoms. The summed E-state index contributed by atoms with van der Waals surface area (Å²) in [4.78, 5) is 0. The van der Waals surface area contributed by atoms with E-state index in [2.05, 4.69) is 31.5 Å². The van der Waals surface area contributed by atoms with Gasteiger partial charge in [0.25, 0.3) is 0 Å². The molecule has 1 heterocycles. The minimum absolute atomic E-state index is 0.858. The van der Waals surface area contributed by atoms with E-state index >= 15 is 0 Å². The van der Waals surface area contributed by atoms with Crippen LogP contribution in [0.2, 0.25) is 0 Å². The Hall–Kier alpha value is -1.44. The summed E-state index contributed by atoms with van der Waals surface area (Å²) in [6.07, 6.45) is 0. The normalized spacial score (nSPS) is 11.0. The third-order valence-corrected chi connectivity index (χ3v) is 2.85. The van der Waals surface area contributed by atoms with Gasteiger partial charge in [-0.1, -0.05) is 12.1 Å². The van der Waals surface area contributed by atoms with Gasteiger partial charge >= 0.3 is 0 Å². The largest absolute Gasteiger partial charge is 0.397 e. The standard InChI is InChI=1S/C11H14N2/c1-7-8(2)13(3)11-9(7)5-4-6-10(11)12/h4-6H,12H2,1-3H3. The third kappa shape index (κ3) is 0.949. The monoisotopic (exact) mass is 174 g/mol. The van der Waals surface area contributed by atoms with Gasteiger partial charge in [0.05, 0.1) is 11.2 Å². The van der Waals surface area contributed by atoms with Gasteiger partial charge in [-0.15, -0.1) is 0 Å². The molecule has 1 aromatic carbocycles. The fourth-order valence-electron chi connectivity index (χ4n) is 1.85. The molecule has 0 saturated carbocycles. The summed E-state index contributed by atoms with van der Waals surface area (Å²) in [6, 6.07) is 6.07.